The maximum absolute atomic E-state index is 1.98. The zero-order chi connectivity index (χ0) is 69.8. The molecule has 110 aliphatic carbocycles. The summed E-state index contributed by atoms with van der Waals surface area (Å²) in [6.07, 6.45) is 7.91. The highest BCUT2D eigenvalue weighted by atomic mass is 16.0. The molecule has 0 amide bonds. The van der Waals surface area contributed by atoms with Crippen molar-refractivity contribution in [1.29, 1.82) is 0 Å². The van der Waals surface area contributed by atoms with E-state index in [9.17, 15) is 0 Å². The maximum Gasteiger partial charge on any atom is -0.00000000481 e. The van der Waals surface area contributed by atoms with Crippen LogP contribution in [0.25, 0.3) is 0 Å². The summed E-state index contributed by atoms with van der Waals surface area (Å²) in [6, 6.07) is 0. The van der Waals surface area contributed by atoms with Crippen LogP contribution in [0.2, 0.25) is 0 Å². The van der Waals surface area contributed by atoms with Crippen molar-refractivity contribution in [3.8, 4) is 0 Å². The van der Waals surface area contributed by atoms with E-state index in [0.29, 0.717) is 0 Å². The molecule has 116 unspecified atom stereocenters. The largest absolute Gasteiger partial charge is 0.0458 e. The molecule has 0 nitrogen and oxygen atoms in total. The van der Waals surface area contributed by atoms with Gasteiger partial charge in [-0.15, -0.1) is 0 Å². The van der Waals surface area contributed by atoms with Gasteiger partial charge in [0.05, 0.1) is 0 Å². The van der Waals surface area contributed by atoms with Crippen molar-refractivity contribution in [2.75, 3.05) is 0 Å². The predicted molar refractivity (Wildman–Crippen MR) is 409 cm³/mol. The monoisotopic (exact) mass is 1630 g/mol. The van der Waals surface area contributed by atoms with Gasteiger partial charge >= 0.3 is 0 Å². The minimum Gasteiger partial charge on any atom is -0.0458 e. The van der Waals surface area contributed by atoms with E-state index in [1.165, 1.54) is 506 Å². The standard InChI is InChI=1S/C132H46/c1-5-13-21-29-37-30-22-14-6-2-11-19-27-35-41-42-36-28-20-12-4-8-16-24-32-38-31-23-15-7-3-10-18-26-34-40-39-33-25-17-9(1)43(5)47(13)55(21)63(29)71(37)64(30)56(22)48(14)44(6,11)53(19)61(27)69(35)75(41)76(42)70(36)62(28)54(20)46(8,12)50(16)58(24)66(32)72(38)65(31)57(23)49(15)45(7,10)52(18)60(26)68(34)74(40)73(39)67(33)59(25)51(17,43)77(47)81(55)89(63)97(71)90(64)82(56)78(48,53)87(61)95(69)101(75)102(76)96(70)88(62)80(50,54)84(58)92(66)98(72)91(65)83(57)79(49,52)86(60)94(68)100(74)99(73)93(67)85(59,77)103(81)107(89)115(97)108(90)104(82,87)113(95)119(101)120(102)114(96)106(84,88)110(92)116(98)109(91)105(83,86)112(94)118(100)117(99)111(93,103)121(107)125(115)122(108,113)129(119)130(120)124(110,114)126(116)123(109,112)128(118)127(117,121)131(125,129)132(126,128)130/h5-42H,1-4H2. The summed E-state index contributed by atoms with van der Waals surface area (Å²) in [5, 5.41) is 0. The van der Waals surface area contributed by atoms with E-state index in [1.807, 2.05) is 25.7 Å². The molecular formula is C132H46. The molecule has 132 heavy (non-hydrogen) atoms. The molecule has 90 spiro atoms. The van der Waals surface area contributed by atoms with Gasteiger partial charge in [0, 0.05) is 0 Å². The van der Waals surface area contributed by atoms with E-state index in [2.05, 4.69) is 0 Å². The summed E-state index contributed by atoms with van der Waals surface area (Å²) >= 11 is 0. The molecule has 110 fully saturated rings. The number of rotatable bonds is 0. The molecule has 0 N–H and O–H groups in total. The normalized spacial score (nSPS) is 163. The zero-order valence-electron chi connectivity index (χ0n) is 69.8. The summed E-state index contributed by atoms with van der Waals surface area (Å²) in [5.74, 6) is 56.1. The van der Waals surface area contributed by atoms with Crippen molar-refractivity contribution in [1.82, 2.24) is 0 Å². The second-order valence-corrected chi connectivity index (χ2v) is 91.3. The minimum atomic E-state index is 1.12. The topological polar surface area (TPSA) is 0 Å². The lowest BCUT2D eigenvalue weighted by atomic mass is 8.14. The Bertz CT molecular complexity index is 11000. The second kappa shape index (κ2) is 5.11. The van der Waals surface area contributed by atoms with Crippen LogP contribution in [0.5, 0.6) is 0 Å². The van der Waals surface area contributed by atoms with Crippen LogP contribution in [-0.4, -0.2) is 0 Å². The molecule has 110 aliphatic rings. The van der Waals surface area contributed by atoms with Crippen LogP contribution in [-0.2, 0) is 0 Å². The van der Waals surface area contributed by atoms with Crippen molar-refractivity contribution in [2.24, 2.45) is 452 Å². The Kier molecular flexibility index (Phi) is 1.51. The quantitative estimate of drug-likeness (QED) is 0.227. The van der Waals surface area contributed by atoms with Crippen LogP contribution < -0.4 is 0 Å². The first-order chi connectivity index (χ1) is 65.8. The first kappa shape index (κ1) is 39.0. The van der Waals surface area contributed by atoms with Gasteiger partial charge in [0.1, 0.15) is 0 Å². The number of hydrogen-bond acceptors (Lipinski definition) is 0. The molecule has 574 valence electrons. The number of fused-ring (bicyclic) bond motifs is 34. The van der Waals surface area contributed by atoms with Crippen LogP contribution in [0.1, 0.15) is 25.7 Å². The Morgan fingerprint density at radius 3 is 0.258 bits per heavy atom. The molecular weight excluding hydrogens is 1590 g/mol. The first-order valence-corrected chi connectivity index (χ1v) is 65.8. The average molecular weight is 1630 g/mol. The predicted octanol–water partition coefficient (Wildman–Crippen LogP) is 10.1. The lowest BCUT2D eigenvalue weighted by Crippen LogP contribution is -3.81. The third-order valence-electron chi connectivity index (χ3n) is 129. The van der Waals surface area contributed by atoms with Gasteiger partial charge in [-0.3, -0.25) is 0 Å². The van der Waals surface area contributed by atoms with Gasteiger partial charge in [0.25, 0.3) is 0 Å². The Morgan fingerprint density at radius 1 is 0.0682 bits per heavy atom. The van der Waals surface area contributed by atoms with E-state index in [-0.39, 0.29) is 0 Å². The molecule has 0 saturated heterocycles. The summed E-state index contributed by atoms with van der Waals surface area (Å²) in [5.41, 5.74) is 105. The van der Waals surface area contributed by atoms with Gasteiger partial charge in [0.15, 0.2) is 0 Å². The van der Waals surface area contributed by atoms with Gasteiger partial charge in [0.2, 0.25) is 0 Å². The SMILES string of the molecule is C1C2C3C4C5C6C7C8C9C%10CC%11C%12C%13C%14C%15C%16C%17C%18C%19C%20CC%21C%22C%23C%24C%25C%26C%27C%28C%29CC%30C%31C%32C%33C%34C%35C%36C%37C%38C1C21C32C43C54C65C76C87C98C%10%11C%129C%13%10C%14%11C%15%12C%16%13C%17%14C%18%15C%19%16C%21%20C%22%17C%23%18C%24%19C%25%20C%26%21C%27%22C%28%23C%29%30C%31%24C%32%25C%33%26C%34%27C%35%28C%36%29C%37%30C%381C21C32C43C54C65C76C89C%107C%118C%129C%13%10C%14%11C%15%12C%17%16C%18%13C%19%14C%20%15C%21%16C%22%17C%23%24C%25%18C%26%19C%27%20C%28%21C%29%22C%301C21C32C43C54C67C85C96C%107C%118C%13%12C%149C%15%10C%16%11C%17%18C%19%12C%20%13C%21%14C%221C21C32C45C63C74C98C%105C%11%12C%136C%141C23C564. The number of hydrogen-bond donors (Lipinski definition) is 0. The smallest absolute Gasteiger partial charge is 0.00000000481 e. The van der Waals surface area contributed by atoms with Crippen molar-refractivity contribution in [3.63, 3.8) is 0 Å². The minimum absolute atomic E-state index is 1.12. The maximum atomic E-state index is 1.98. The average Bonchev–Trinajstić information content (AvgIpc) is 0.384. The highest BCUT2D eigenvalue weighted by molar-refractivity contribution is 7.09. The van der Waals surface area contributed by atoms with Crippen molar-refractivity contribution < 1.29 is 0 Å². The molecule has 110 rings (SSSR count). The van der Waals surface area contributed by atoms with Crippen LogP contribution in [0.3, 0.4) is 0 Å². The molecule has 110 saturated carbocycles. The van der Waals surface area contributed by atoms with Crippen molar-refractivity contribution in [3.05, 3.63) is 260 Å². The van der Waals surface area contributed by atoms with E-state index < -0.39 is 0 Å². The summed E-state index contributed by atoms with van der Waals surface area (Å²) in [4.78, 5) is 0. The van der Waals surface area contributed by atoms with E-state index in [4.69, 9.17) is 0 Å². The fourth-order valence-electron chi connectivity index (χ4n) is 174. The van der Waals surface area contributed by atoms with Crippen LogP contribution in [0.15, 0.2) is 0 Å². The Morgan fingerprint density at radius 2 is 0.144 bits per heavy atom. The molecule has 116 atom stereocenters. The summed E-state index contributed by atoms with van der Waals surface area (Å²) in [6.45, 7) is 0. The highest BCUT2D eigenvalue weighted by Gasteiger charge is 3.97. The fraction of sp³-hybridized carbons (Fsp3) is 1.00. The van der Waals surface area contributed by atoms with E-state index >= 15 is 0 Å². The van der Waals surface area contributed by atoms with Gasteiger partial charge in [-0.2, -0.15) is 0 Å². The molecule has 0 heteroatoms. The molecule has 0 aromatic rings. The summed E-state index contributed by atoms with van der Waals surface area (Å²) in [7, 11) is 0. The Hall–Kier alpha value is 0. The van der Waals surface area contributed by atoms with Crippen LogP contribution in [0.4, 0.5) is 0 Å². The third kappa shape index (κ3) is 0.647. The van der Waals surface area contributed by atoms with Crippen molar-refractivity contribution >= 4 is 0 Å². The van der Waals surface area contributed by atoms with Crippen molar-refractivity contribution in [2.45, 2.75) is 25.7 Å². The molecule has 0 radical (unpaired) electrons. The lowest BCUT2D eigenvalue weighted by molar-refractivity contribution is -1.12. The highest BCUT2D eigenvalue weighted by Crippen LogP contribution is 4.03. The fourth-order valence-corrected chi connectivity index (χ4v) is 174. The van der Waals surface area contributed by atoms with Crippen LogP contribution >= 0.6 is 0 Å². The molecule has 0 aliphatic heterocycles. The Balaban J connectivity index is 0.542. The lowest BCUT2D eigenvalue weighted by Gasteiger charge is -3.87. The zero-order valence-corrected chi connectivity index (χ0v) is 69.8. The molecule has 0 aromatic carbocycles. The Labute approximate surface area is 732 Å². The van der Waals surface area contributed by atoms with E-state index in [1.54, 1.807) is 0 Å². The summed E-state index contributed by atoms with van der Waals surface area (Å²) < 4.78 is 0. The van der Waals surface area contributed by atoms with Gasteiger partial charge in [-0.1, -0.05) is 0 Å². The molecule has 0 bridgehead atoms. The van der Waals surface area contributed by atoms with E-state index in [0.717, 1.165) is 206 Å². The van der Waals surface area contributed by atoms with Crippen LogP contribution in [0, 0.1) is 712 Å². The second-order valence-electron chi connectivity index (χ2n) is 91.3. The van der Waals surface area contributed by atoms with Gasteiger partial charge in [-0.05, 0) is 738 Å². The van der Waals surface area contributed by atoms with Gasteiger partial charge in [-0.25, -0.2) is 0 Å². The van der Waals surface area contributed by atoms with Gasteiger partial charge < -0.3 is 0 Å². The molecule has 0 heterocycles. The third-order valence-corrected chi connectivity index (χ3v) is 129. The molecule has 0 aromatic heterocycles. The first-order valence-electron chi connectivity index (χ1n) is 65.8.